The van der Waals surface area contributed by atoms with Gasteiger partial charge in [0.2, 0.25) is 0 Å². The monoisotopic (exact) mass is 464 g/mol. The molecule has 2 heterocycles. The standard InChI is InChI=1S/C28H38N2O2.C2H6/c1-22(2)18-30(20-25-12-13-27-28(17-25)32-16-8-15-31-27)23(3)26-11-7-14-29(21-26)19-24-9-5-4-6-10-24;1-2/h4-6,9-10,12-13,17,22,26H,3,7-8,11,14-16,18-21H2,1-2H3;1-2H3/t26-;/m1./s1. The molecule has 2 aromatic carbocycles. The Bertz CT molecular complexity index is 881. The summed E-state index contributed by atoms with van der Waals surface area (Å²) in [7, 11) is 0. The normalized spacial score (nSPS) is 18.0. The van der Waals surface area contributed by atoms with Crippen LogP contribution in [0.3, 0.4) is 0 Å². The minimum Gasteiger partial charge on any atom is -0.490 e. The molecular formula is C30H44N2O2. The topological polar surface area (TPSA) is 24.9 Å². The lowest BCUT2D eigenvalue weighted by Crippen LogP contribution is -2.39. The van der Waals surface area contributed by atoms with E-state index >= 15 is 0 Å². The summed E-state index contributed by atoms with van der Waals surface area (Å²) in [5.74, 6) is 2.83. The number of benzene rings is 2. The zero-order valence-corrected chi connectivity index (χ0v) is 21.8. The first kappa shape index (κ1) is 26.2. The van der Waals surface area contributed by atoms with E-state index in [0.29, 0.717) is 11.8 Å². The largest absolute Gasteiger partial charge is 0.490 e. The molecule has 186 valence electrons. The second-order valence-corrected chi connectivity index (χ2v) is 9.66. The maximum atomic E-state index is 5.93. The van der Waals surface area contributed by atoms with E-state index in [4.69, 9.17) is 9.47 Å². The molecule has 0 aromatic heterocycles. The van der Waals surface area contributed by atoms with Crippen molar-refractivity contribution in [1.82, 2.24) is 9.80 Å². The van der Waals surface area contributed by atoms with Gasteiger partial charge in [-0.25, -0.2) is 0 Å². The molecule has 0 unspecified atom stereocenters. The van der Waals surface area contributed by atoms with Gasteiger partial charge in [0.15, 0.2) is 11.5 Å². The molecule has 34 heavy (non-hydrogen) atoms. The molecule has 1 fully saturated rings. The molecule has 0 spiro atoms. The van der Waals surface area contributed by atoms with Gasteiger partial charge < -0.3 is 14.4 Å². The van der Waals surface area contributed by atoms with Gasteiger partial charge in [0.1, 0.15) is 0 Å². The zero-order chi connectivity index (χ0) is 24.3. The van der Waals surface area contributed by atoms with E-state index in [1.54, 1.807) is 0 Å². The molecule has 0 aliphatic carbocycles. The molecule has 0 saturated carbocycles. The minimum atomic E-state index is 0.506. The van der Waals surface area contributed by atoms with Crippen molar-refractivity contribution in [3.8, 4) is 11.5 Å². The van der Waals surface area contributed by atoms with Crippen LogP contribution in [-0.2, 0) is 13.1 Å². The van der Waals surface area contributed by atoms with E-state index in [1.165, 1.54) is 36.2 Å². The Labute approximate surface area is 207 Å². The van der Waals surface area contributed by atoms with Gasteiger partial charge in [0, 0.05) is 44.2 Å². The summed E-state index contributed by atoms with van der Waals surface area (Å²) < 4.78 is 11.7. The van der Waals surface area contributed by atoms with Crippen molar-refractivity contribution in [3.63, 3.8) is 0 Å². The summed E-state index contributed by atoms with van der Waals surface area (Å²) in [6.07, 6.45) is 3.39. The molecule has 0 radical (unpaired) electrons. The quantitative estimate of drug-likeness (QED) is 0.431. The van der Waals surface area contributed by atoms with Crippen molar-refractivity contribution >= 4 is 0 Å². The SMILES string of the molecule is C=C([C@@H]1CCCN(Cc2ccccc2)C1)N(Cc1ccc2c(c1)OCCCO2)CC(C)C.CC. The Kier molecular flexibility index (Phi) is 10.3. The third-order valence-corrected chi connectivity index (χ3v) is 6.40. The lowest BCUT2D eigenvalue weighted by atomic mass is 9.93. The number of likely N-dealkylation sites (tertiary alicyclic amines) is 1. The Morgan fingerprint density at radius 2 is 1.74 bits per heavy atom. The predicted molar refractivity (Wildman–Crippen MR) is 142 cm³/mol. The Hall–Kier alpha value is -2.46. The number of hydrogen-bond acceptors (Lipinski definition) is 4. The number of nitrogens with zero attached hydrogens (tertiary/aromatic N) is 2. The first-order valence-electron chi connectivity index (χ1n) is 13.2. The van der Waals surface area contributed by atoms with Crippen LogP contribution in [0.2, 0.25) is 0 Å². The van der Waals surface area contributed by atoms with Crippen LogP contribution in [-0.4, -0.2) is 42.6 Å². The fraction of sp³-hybridized carbons (Fsp3) is 0.533. The summed E-state index contributed by atoms with van der Waals surface area (Å²) in [5, 5.41) is 0. The molecule has 2 aliphatic rings. The van der Waals surface area contributed by atoms with Crippen molar-refractivity contribution in [1.29, 1.82) is 0 Å². The third-order valence-electron chi connectivity index (χ3n) is 6.40. The summed E-state index contributed by atoms with van der Waals surface area (Å²) in [5.41, 5.74) is 3.93. The van der Waals surface area contributed by atoms with Gasteiger partial charge in [-0.1, -0.05) is 70.7 Å². The second kappa shape index (κ2) is 13.4. The number of hydrogen-bond donors (Lipinski definition) is 0. The van der Waals surface area contributed by atoms with Crippen molar-refractivity contribution in [2.75, 3.05) is 32.8 Å². The van der Waals surface area contributed by atoms with E-state index in [1.807, 2.05) is 13.8 Å². The first-order valence-corrected chi connectivity index (χ1v) is 13.2. The molecule has 0 bridgehead atoms. The van der Waals surface area contributed by atoms with Gasteiger partial charge in [0.25, 0.3) is 0 Å². The van der Waals surface area contributed by atoms with Gasteiger partial charge in [-0.05, 0) is 48.6 Å². The smallest absolute Gasteiger partial charge is 0.161 e. The Morgan fingerprint density at radius 1 is 1.00 bits per heavy atom. The Balaban J connectivity index is 0.00000158. The van der Waals surface area contributed by atoms with Crippen molar-refractivity contribution < 1.29 is 9.47 Å². The maximum absolute atomic E-state index is 5.93. The van der Waals surface area contributed by atoms with Crippen molar-refractivity contribution in [2.24, 2.45) is 11.8 Å². The molecule has 1 saturated heterocycles. The number of ether oxygens (including phenoxy) is 2. The van der Waals surface area contributed by atoms with Crippen LogP contribution in [0.4, 0.5) is 0 Å². The fourth-order valence-corrected chi connectivity index (χ4v) is 4.82. The highest BCUT2D eigenvalue weighted by Crippen LogP contribution is 2.32. The molecule has 2 aromatic rings. The van der Waals surface area contributed by atoms with E-state index in [-0.39, 0.29) is 0 Å². The van der Waals surface area contributed by atoms with E-state index in [9.17, 15) is 0 Å². The highest BCUT2D eigenvalue weighted by Gasteiger charge is 2.26. The van der Waals surface area contributed by atoms with Crippen LogP contribution < -0.4 is 9.47 Å². The fourth-order valence-electron chi connectivity index (χ4n) is 4.82. The molecular weight excluding hydrogens is 420 g/mol. The molecule has 4 nitrogen and oxygen atoms in total. The molecule has 0 amide bonds. The van der Waals surface area contributed by atoms with Crippen LogP contribution in [0, 0.1) is 11.8 Å². The van der Waals surface area contributed by atoms with Gasteiger partial charge in [-0.2, -0.15) is 0 Å². The van der Waals surface area contributed by atoms with Gasteiger partial charge >= 0.3 is 0 Å². The van der Waals surface area contributed by atoms with Gasteiger partial charge in [0.05, 0.1) is 13.2 Å². The van der Waals surface area contributed by atoms with E-state index in [2.05, 4.69) is 78.8 Å². The number of rotatable bonds is 8. The first-order chi connectivity index (χ1) is 16.6. The van der Waals surface area contributed by atoms with Gasteiger partial charge in [-0.15, -0.1) is 0 Å². The Morgan fingerprint density at radius 3 is 2.47 bits per heavy atom. The van der Waals surface area contributed by atoms with E-state index in [0.717, 1.165) is 57.3 Å². The van der Waals surface area contributed by atoms with Crippen LogP contribution in [0.15, 0.2) is 60.8 Å². The lowest BCUT2D eigenvalue weighted by molar-refractivity contribution is 0.155. The summed E-state index contributed by atoms with van der Waals surface area (Å²) in [6, 6.07) is 17.2. The lowest BCUT2D eigenvalue weighted by Gasteiger charge is -2.39. The summed E-state index contributed by atoms with van der Waals surface area (Å²) in [6.45, 7) is 19.8. The summed E-state index contributed by atoms with van der Waals surface area (Å²) in [4.78, 5) is 5.09. The third kappa shape index (κ3) is 7.53. The predicted octanol–water partition coefficient (Wildman–Crippen LogP) is 6.76. The molecule has 0 N–H and O–H groups in total. The maximum Gasteiger partial charge on any atom is 0.161 e. The van der Waals surface area contributed by atoms with Crippen molar-refractivity contribution in [3.05, 3.63) is 71.9 Å². The number of piperidine rings is 1. The summed E-state index contributed by atoms with van der Waals surface area (Å²) >= 11 is 0. The molecule has 4 rings (SSSR count). The highest BCUT2D eigenvalue weighted by molar-refractivity contribution is 5.43. The molecule has 4 heteroatoms. The van der Waals surface area contributed by atoms with Crippen molar-refractivity contribution in [2.45, 2.75) is 60.0 Å². The van der Waals surface area contributed by atoms with Crippen LogP contribution in [0.5, 0.6) is 11.5 Å². The number of fused-ring (bicyclic) bond motifs is 1. The van der Waals surface area contributed by atoms with Crippen LogP contribution >= 0.6 is 0 Å². The molecule has 1 atom stereocenters. The average Bonchev–Trinajstić information content (AvgIpc) is 3.10. The second-order valence-electron chi connectivity index (χ2n) is 9.66. The van der Waals surface area contributed by atoms with Gasteiger partial charge in [-0.3, -0.25) is 4.90 Å². The molecule has 2 aliphatic heterocycles. The zero-order valence-electron chi connectivity index (χ0n) is 21.8. The van der Waals surface area contributed by atoms with Crippen LogP contribution in [0.25, 0.3) is 0 Å². The van der Waals surface area contributed by atoms with E-state index < -0.39 is 0 Å². The highest BCUT2D eigenvalue weighted by atomic mass is 16.5. The van der Waals surface area contributed by atoms with Crippen LogP contribution in [0.1, 0.15) is 58.1 Å². The minimum absolute atomic E-state index is 0.506. The average molecular weight is 465 g/mol.